The van der Waals surface area contributed by atoms with E-state index in [9.17, 15) is 10.1 Å². The van der Waals surface area contributed by atoms with Crippen molar-refractivity contribution in [2.24, 2.45) is 5.73 Å². The van der Waals surface area contributed by atoms with Gasteiger partial charge in [-0.25, -0.2) is 4.98 Å². The number of pyridine rings is 1. The number of ether oxygens (including phenoxy) is 1. The minimum atomic E-state index is -0.479. The van der Waals surface area contributed by atoms with Gasteiger partial charge in [0.15, 0.2) is 5.75 Å². The molecular formula is C13H11Br2N3O3. The largest absolute Gasteiger partial charge is 0.436 e. The second-order valence-corrected chi connectivity index (χ2v) is 5.99. The van der Waals surface area contributed by atoms with Gasteiger partial charge in [0, 0.05) is 29.9 Å². The molecule has 1 heterocycles. The van der Waals surface area contributed by atoms with Crippen LogP contribution in [0.15, 0.2) is 39.4 Å². The molecule has 0 saturated carbocycles. The third-order valence-corrected chi connectivity index (χ3v) is 3.86. The summed E-state index contributed by atoms with van der Waals surface area (Å²) >= 11 is 6.53. The highest BCUT2D eigenvalue weighted by Crippen LogP contribution is 2.40. The summed E-state index contributed by atoms with van der Waals surface area (Å²) in [6, 6.07) is 6.08. The standard InChI is InChI=1S/C13H11Br2N3O3/c1-7(16)9-3-2-4-17-13(9)21-12-10(14)5-8(18(19)20)6-11(12)15/h2-7H,16H2,1H3. The van der Waals surface area contributed by atoms with Gasteiger partial charge in [-0.3, -0.25) is 10.1 Å². The fourth-order valence-electron chi connectivity index (χ4n) is 1.68. The molecule has 0 saturated heterocycles. The van der Waals surface area contributed by atoms with Crippen LogP contribution < -0.4 is 10.5 Å². The molecule has 0 aliphatic rings. The lowest BCUT2D eigenvalue weighted by molar-refractivity contribution is -0.385. The minimum Gasteiger partial charge on any atom is -0.436 e. The molecule has 0 bridgehead atoms. The Bertz CT molecular complexity index is 669. The summed E-state index contributed by atoms with van der Waals surface area (Å²) in [7, 11) is 0. The molecule has 0 aliphatic carbocycles. The summed E-state index contributed by atoms with van der Waals surface area (Å²) in [4.78, 5) is 14.5. The summed E-state index contributed by atoms with van der Waals surface area (Å²) < 4.78 is 6.66. The van der Waals surface area contributed by atoms with Crippen molar-refractivity contribution in [3.8, 4) is 11.6 Å². The second-order valence-electron chi connectivity index (χ2n) is 4.28. The molecule has 8 heteroatoms. The van der Waals surface area contributed by atoms with Gasteiger partial charge in [-0.05, 0) is 44.8 Å². The van der Waals surface area contributed by atoms with Crippen molar-refractivity contribution in [2.75, 3.05) is 0 Å². The summed E-state index contributed by atoms with van der Waals surface area (Å²) in [6.45, 7) is 1.82. The van der Waals surface area contributed by atoms with Crippen molar-refractivity contribution in [3.05, 3.63) is 55.1 Å². The highest BCUT2D eigenvalue weighted by atomic mass is 79.9. The van der Waals surface area contributed by atoms with Crippen LogP contribution >= 0.6 is 31.9 Å². The summed E-state index contributed by atoms with van der Waals surface area (Å²) in [5, 5.41) is 10.8. The molecule has 2 N–H and O–H groups in total. The number of non-ortho nitro benzene ring substituents is 1. The number of rotatable bonds is 4. The van der Waals surface area contributed by atoms with Gasteiger partial charge in [-0.1, -0.05) is 6.07 Å². The average Bonchev–Trinajstić information content (AvgIpc) is 2.42. The molecule has 0 spiro atoms. The smallest absolute Gasteiger partial charge is 0.271 e. The van der Waals surface area contributed by atoms with Crippen molar-refractivity contribution < 1.29 is 9.66 Å². The fraction of sp³-hybridized carbons (Fsp3) is 0.154. The van der Waals surface area contributed by atoms with Crippen LogP contribution in [0, 0.1) is 10.1 Å². The maximum Gasteiger partial charge on any atom is 0.271 e. The molecule has 1 unspecified atom stereocenters. The minimum absolute atomic E-state index is 0.0467. The van der Waals surface area contributed by atoms with Crippen molar-refractivity contribution in [1.29, 1.82) is 0 Å². The summed E-state index contributed by atoms with van der Waals surface area (Å²) in [5.41, 5.74) is 6.57. The molecule has 21 heavy (non-hydrogen) atoms. The lowest BCUT2D eigenvalue weighted by Crippen LogP contribution is -2.07. The Morgan fingerprint density at radius 1 is 1.38 bits per heavy atom. The summed E-state index contributed by atoms with van der Waals surface area (Å²) in [6.07, 6.45) is 1.59. The van der Waals surface area contributed by atoms with Crippen molar-refractivity contribution in [2.45, 2.75) is 13.0 Å². The number of hydrogen-bond acceptors (Lipinski definition) is 5. The van der Waals surface area contributed by atoms with Gasteiger partial charge in [0.25, 0.3) is 5.69 Å². The van der Waals surface area contributed by atoms with Crippen molar-refractivity contribution >= 4 is 37.5 Å². The van der Waals surface area contributed by atoms with Crippen LogP contribution in [0.4, 0.5) is 5.69 Å². The van der Waals surface area contributed by atoms with Gasteiger partial charge in [0.1, 0.15) is 0 Å². The number of nitro groups is 1. The molecule has 2 aromatic rings. The maximum atomic E-state index is 10.8. The van der Waals surface area contributed by atoms with Crippen molar-refractivity contribution in [1.82, 2.24) is 4.98 Å². The van der Waals surface area contributed by atoms with Crippen LogP contribution in [0.1, 0.15) is 18.5 Å². The van der Waals surface area contributed by atoms with Crippen LogP contribution in [0.5, 0.6) is 11.6 Å². The highest BCUT2D eigenvalue weighted by Gasteiger charge is 2.18. The van der Waals surface area contributed by atoms with E-state index in [0.29, 0.717) is 20.6 Å². The van der Waals surface area contributed by atoms with E-state index in [2.05, 4.69) is 36.8 Å². The normalized spacial score (nSPS) is 12.0. The third kappa shape index (κ3) is 3.58. The Morgan fingerprint density at radius 2 is 2.00 bits per heavy atom. The molecule has 0 fully saturated rings. The topological polar surface area (TPSA) is 91.3 Å². The number of halogens is 2. The van der Waals surface area contributed by atoms with Gasteiger partial charge in [-0.2, -0.15) is 0 Å². The first kappa shape index (κ1) is 15.9. The second kappa shape index (κ2) is 6.50. The molecule has 1 aromatic heterocycles. The maximum absolute atomic E-state index is 10.8. The zero-order valence-electron chi connectivity index (χ0n) is 10.9. The Kier molecular flexibility index (Phi) is 4.92. The average molecular weight is 417 g/mol. The SMILES string of the molecule is CC(N)c1cccnc1Oc1c(Br)cc([N+](=O)[O-])cc1Br. The Morgan fingerprint density at radius 3 is 2.52 bits per heavy atom. The predicted octanol–water partition coefficient (Wildman–Crippen LogP) is 4.33. The highest BCUT2D eigenvalue weighted by molar-refractivity contribution is 9.11. The van der Waals surface area contributed by atoms with E-state index in [1.165, 1.54) is 12.1 Å². The van der Waals surface area contributed by atoms with Gasteiger partial charge in [-0.15, -0.1) is 0 Å². The predicted molar refractivity (Wildman–Crippen MR) is 85.4 cm³/mol. The molecule has 6 nitrogen and oxygen atoms in total. The van der Waals surface area contributed by atoms with Gasteiger partial charge < -0.3 is 10.5 Å². The molecular weight excluding hydrogens is 406 g/mol. The van der Waals surface area contributed by atoms with E-state index in [-0.39, 0.29) is 11.7 Å². The van der Waals surface area contributed by atoms with E-state index < -0.39 is 4.92 Å². The van der Waals surface area contributed by atoms with E-state index in [4.69, 9.17) is 10.5 Å². The molecule has 0 amide bonds. The molecule has 110 valence electrons. The van der Waals surface area contributed by atoms with Gasteiger partial charge in [0.2, 0.25) is 5.88 Å². The first-order chi connectivity index (χ1) is 9.90. The number of benzene rings is 1. The number of hydrogen-bond donors (Lipinski definition) is 1. The van der Waals surface area contributed by atoms with Crippen molar-refractivity contribution in [3.63, 3.8) is 0 Å². The number of nitro benzene ring substituents is 1. The number of nitrogens with zero attached hydrogens (tertiary/aromatic N) is 2. The Hall–Kier alpha value is -1.51. The molecule has 0 radical (unpaired) electrons. The van der Waals surface area contributed by atoms with E-state index in [0.717, 1.165) is 5.56 Å². The quantitative estimate of drug-likeness (QED) is 0.591. The first-order valence-corrected chi connectivity index (χ1v) is 7.50. The number of aromatic nitrogens is 1. The fourth-order valence-corrected chi connectivity index (χ4v) is 3.01. The van der Waals surface area contributed by atoms with E-state index in [1.54, 1.807) is 12.3 Å². The molecule has 1 atom stereocenters. The Balaban J connectivity index is 2.43. The monoisotopic (exact) mass is 415 g/mol. The van der Waals surface area contributed by atoms with Gasteiger partial charge in [0.05, 0.1) is 13.9 Å². The number of nitrogens with two attached hydrogens (primary N) is 1. The van der Waals surface area contributed by atoms with Crippen LogP contribution in [0.25, 0.3) is 0 Å². The molecule has 2 rings (SSSR count). The lowest BCUT2D eigenvalue weighted by Gasteiger charge is -2.14. The van der Waals surface area contributed by atoms with Gasteiger partial charge >= 0.3 is 0 Å². The van der Waals surface area contributed by atoms with E-state index in [1.807, 2.05) is 13.0 Å². The first-order valence-electron chi connectivity index (χ1n) is 5.92. The molecule has 0 aliphatic heterocycles. The molecule has 1 aromatic carbocycles. The zero-order chi connectivity index (χ0) is 15.6. The lowest BCUT2D eigenvalue weighted by atomic mass is 10.1. The van der Waals surface area contributed by atoms with E-state index >= 15 is 0 Å². The summed E-state index contributed by atoms with van der Waals surface area (Å²) in [5.74, 6) is 0.768. The third-order valence-electron chi connectivity index (χ3n) is 2.68. The van der Waals surface area contributed by atoms with Crippen LogP contribution in [-0.2, 0) is 0 Å². The zero-order valence-corrected chi connectivity index (χ0v) is 14.1. The van der Waals surface area contributed by atoms with Crippen LogP contribution in [0.3, 0.4) is 0 Å². The Labute approximate surface area is 137 Å². The van der Waals surface area contributed by atoms with Crippen LogP contribution in [-0.4, -0.2) is 9.91 Å². The van der Waals surface area contributed by atoms with Crippen LogP contribution in [0.2, 0.25) is 0 Å².